The van der Waals surface area contributed by atoms with Crippen LogP contribution in [0.15, 0.2) is 78.0 Å². The molecule has 0 saturated carbocycles. The molecule has 0 amide bonds. The number of oxime groups is 1. The molecule has 2 aromatic carbocycles. The highest BCUT2D eigenvalue weighted by atomic mass is 16.7. The van der Waals surface area contributed by atoms with Gasteiger partial charge in [0.15, 0.2) is 0 Å². The molecule has 0 aromatic heterocycles. The molecular weight excluding hydrogens is 370 g/mol. The van der Waals surface area contributed by atoms with Crippen molar-refractivity contribution in [3.05, 3.63) is 83.9 Å². The standard InChI is InChI=1S/C23H25NO5/c1-3-28-21(25)15-14-17(2)22(26)20(16-18-10-6-4-7-11-18)24-29-23(27)19-12-8-5-9-13-19/h4-15,17,22,26H,3,16H2,1-2H3/b15-14+,24-20+/t17-,22-/m1/s1. The molecule has 0 spiro atoms. The van der Waals surface area contributed by atoms with Gasteiger partial charge in [-0.2, -0.15) is 0 Å². The van der Waals surface area contributed by atoms with Crippen LogP contribution in [-0.2, 0) is 20.8 Å². The minimum atomic E-state index is -1.05. The molecule has 0 bridgehead atoms. The summed E-state index contributed by atoms with van der Waals surface area (Å²) in [5.74, 6) is -1.54. The number of ether oxygens (including phenoxy) is 1. The fraction of sp³-hybridized carbons (Fsp3) is 0.261. The second-order valence-corrected chi connectivity index (χ2v) is 6.40. The molecule has 0 saturated heterocycles. The van der Waals surface area contributed by atoms with E-state index in [0.717, 1.165) is 5.56 Å². The van der Waals surface area contributed by atoms with Crippen molar-refractivity contribution in [1.82, 2.24) is 0 Å². The molecule has 0 heterocycles. The van der Waals surface area contributed by atoms with Gasteiger partial charge in [-0.05, 0) is 24.6 Å². The molecule has 0 unspecified atom stereocenters. The number of hydrogen-bond donors (Lipinski definition) is 1. The first-order chi connectivity index (χ1) is 14.0. The molecule has 1 N–H and O–H groups in total. The number of carbonyl (C=O) groups is 2. The SMILES string of the molecule is CCOC(=O)/C=C/[C@@H](C)[C@@H](O)/C(Cc1ccccc1)=N/OC(=O)c1ccccc1. The Morgan fingerprint density at radius 1 is 1.07 bits per heavy atom. The Morgan fingerprint density at radius 2 is 1.69 bits per heavy atom. The number of carbonyl (C=O) groups excluding carboxylic acids is 2. The van der Waals surface area contributed by atoms with Crippen LogP contribution < -0.4 is 0 Å². The highest BCUT2D eigenvalue weighted by Gasteiger charge is 2.21. The average Bonchev–Trinajstić information content (AvgIpc) is 2.75. The Labute approximate surface area is 170 Å². The van der Waals surface area contributed by atoms with Crippen LogP contribution in [0.2, 0.25) is 0 Å². The lowest BCUT2D eigenvalue weighted by molar-refractivity contribution is -0.137. The Bertz CT molecular complexity index is 846. The molecule has 6 nitrogen and oxygen atoms in total. The zero-order valence-electron chi connectivity index (χ0n) is 16.5. The smallest absolute Gasteiger partial charge is 0.365 e. The van der Waals surface area contributed by atoms with Gasteiger partial charge in [0.2, 0.25) is 0 Å². The van der Waals surface area contributed by atoms with Gasteiger partial charge >= 0.3 is 11.9 Å². The lowest BCUT2D eigenvalue weighted by Gasteiger charge is -2.17. The van der Waals surface area contributed by atoms with E-state index in [4.69, 9.17) is 9.57 Å². The summed E-state index contributed by atoms with van der Waals surface area (Å²) in [5, 5.41) is 14.7. The van der Waals surface area contributed by atoms with Crippen molar-refractivity contribution in [2.45, 2.75) is 26.4 Å². The number of rotatable bonds is 9. The van der Waals surface area contributed by atoms with Crippen molar-refractivity contribution in [3.63, 3.8) is 0 Å². The molecule has 2 atom stereocenters. The summed E-state index contributed by atoms with van der Waals surface area (Å²) in [6.45, 7) is 3.73. The number of esters is 1. The van der Waals surface area contributed by atoms with Gasteiger partial charge in [-0.15, -0.1) is 0 Å². The summed E-state index contributed by atoms with van der Waals surface area (Å²) in [7, 11) is 0. The van der Waals surface area contributed by atoms with Crippen molar-refractivity contribution < 1.29 is 24.3 Å². The number of benzene rings is 2. The van der Waals surface area contributed by atoms with Crippen LogP contribution >= 0.6 is 0 Å². The largest absolute Gasteiger partial charge is 0.463 e. The van der Waals surface area contributed by atoms with Crippen molar-refractivity contribution in [2.75, 3.05) is 6.61 Å². The molecule has 29 heavy (non-hydrogen) atoms. The first-order valence-electron chi connectivity index (χ1n) is 9.41. The van der Waals surface area contributed by atoms with E-state index in [1.807, 2.05) is 30.3 Å². The summed E-state index contributed by atoms with van der Waals surface area (Å²) >= 11 is 0. The third kappa shape index (κ3) is 7.35. The van der Waals surface area contributed by atoms with Gasteiger partial charge < -0.3 is 14.7 Å². The maximum absolute atomic E-state index is 12.2. The number of aliphatic hydroxyl groups is 1. The van der Waals surface area contributed by atoms with E-state index in [1.165, 1.54) is 6.08 Å². The summed E-state index contributed by atoms with van der Waals surface area (Å²) in [5.41, 5.74) is 1.55. The number of nitrogens with zero attached hydrogens (tertiary/aromatic N) is 1. The van der Waals surface area contributed by atoms with E-state index in [-0.39, 0.29) is 12.3 Å². The minimum absolute atomic E-state index is 0.274. The minimum Gasteiger partial charge on any atom is -0.463 e. The lowest BCUT2D eigenvalue weighted by Crippen LogP contribution is -2.29. The van der Waals surface area contributed by atoms with Crippen LogP contribution in [0.5, 0.6) is 0 Å². The van der Waals surface area contributed by atoms with Crippen molar-refractivity contribution in [2.24, 2.45) is 11.1 Å². The molecule has 0 aliphatic rings. The average molecular weight is 395 g/mol. The highest BCUT2D eigenvalue weighted by molar-refractivity contribution is 5.93. The van der Waals surface area contributed by atoms with E-state index >= 15 is 0 Å². The molecule has 6 heteroatoms. The van der Waals surface area contributed by atoms with Crippen LogP contribution in [0.25, 0.3) is 0 Å². The maximum atomic E-state index is 12.2. The molecule has 2 aromatic rings. The second kappa shape index (κ2) is 11.6. The number of hydrogen-bond acceptors (Lipinski definition) is 6. The van der Waals surface area contributed by atoms with Crippen LogP contribution in [0.4, 0.5) is 0 Å². The molecular formula is C23H25NO5. The molecule has 0 radical (unpaired) electrons. The van der Waals surface area contributed by atoms with Gasteiger partial charge in [-0.1, -0.05) is 66.7 Å². The molecule has 0 aliphatic heterocycles. The maximum Gasteiger partial charge on any atom is 0.365 e. The fourth-order valence-corrected chi connectivity index (χ4v) is 2.55. The first-order valence-corrected chi connectivity index (χ1v) is 9.41. The van der Waals surface area contributed by atoms with Crippen LogP contribution in [0.3, 0.4) is 0 Å². The zero-order valence-corrected chi connectivity index (χ0v) is 16.5. The second-order valence-electron chi connectivity index (χ2n) is 6.40. The van der Waals surface area contributed by atoms with Crippen molar-refractivity contribution in [1.29, 1.82) is 0 Å². The van der Waals surface area contributed by atoms with Gasteiger partial charge in [-0.3, -0.25) is 0 Å². The van der Waals surface area contributed by atoms with E-state index in [1.54, 1.807) is 50.3 Å². The van der Waals surface area contributed by atoms with Crippen molar-refractivity contribution >= 4 is 17.7 Å². The van der Waals surface area contributed by atoms with Gasteiger partial charge in [0.1, 0.15) is 6.10 Å². The van der Waals surface area contributed by atoms with Gasteiger partial charge in [-0.25, -0.2) is 9.59 Å². The Hall–Kier alpha value is -3.25. The number of aliphatic hydroxyl groups excluding tert-OH is 1. The zero-order chi connectivity index (χ0) is 21.1. The predicted molar refractivity (Wildman–Crippen MR) is 110 cm³/mol. The molecule has 2 rings (SSSR count). The Morgan fingerprint density at radius 3 is 2.31 bits per heavy atom. The van der Waals surface area contributed by atoms with E-state index in [0.29, 0.717) is 12.0 Å². The van der Waals surface area contributed by atoms with Gasteiger partial charge in [0, 0.05) is 18.4 Å². The monoisotopic (exact) mass is 395 g/mol. The van der Waals surface area contributed by atoms with E-state index < -0.39 is 24.0 Å². The van der Waals surface area contributed by atoms with E-state index in [2.05, 4.69) is 5.16 Å². The van der Waals surface area contributed by atoms with Crippen LogP contribution in [0, 0.1) is 5.92 Å². The highest BCUT2D eigenvalue weighted by Crippen LogP contribution is 2.13. The predicted octanol–water partition coefficient (Wildman–Crippen LogP) is 3.56. The quantitative estimate of drug-likeness (QED) is 0.231. The topological polar surface area (TPSA) is 85.2 Å². The summed E-state index contributed by atoms with van der Waals surface area (Å²) in [4.78, 5) is 28.8. The fourth-order valence-electron chi connectivity index (χ4n) is 2.55. The molecule has 0 aliphatic carbocycles. The first kappa shape index (κ1) is 22.0. The lowest BCUT2D eigenvalue weighted by atomic mass is 9.95. The summed E-state index contributed by atoms with van der Waals surface area (Å²) in [6.07, 6.45) is 2.06. The molecule has 0 fully saturated rings. The summed E-state index contributed by atoms with van der Waals surface area (Å²) < 4.78 is 4.85. The van der Waals surface area contributed by atoms with Crippen LogP contribution in [-0.4, -0.2) is 35.5 Å². The third-order valence-corrected chi connectivity index (χ3v) is 4.15. The Kier molecular flexibility index (Phi) is 8.79. The van der Waals surface area contributed by atoms with Gasteiger partial charge in [0.05, 0.1) is 17.9 Å². The van der Waals surface area contributed by atoms with Crippen LogP contribution in [0.1, 0.15) is 29.8 Å². The Balaban J connectivity index is 2.17. The molecule has 152 valence electrons. The van der Waals surface area contributed by atoms with Crippen molar-refractivity contribution in [3.8, 4) is 0 Å². The van der Waals surface area contributed by atoms with E-state index in [9.17, 15) is 14.7 Å². The van der Waals surface area contributed by atoms with Gasteiger partial charge in [0.25, 0.3) is 0 Å². The normalized spacial score (nSPS) is 13.7. The third-order valence-electron chi connectivity index (χ3n) is 4.15. The summed E-state index contributed by atoms with van der Waals surface area (Å²) in [6, 6.07) is 17.9.